The number of ether oxygens (including phenoxy) is 1. The third-order valence-electron chi connectivity index (χ3n) is 1.53. The lowest BCUT2D eigenvalue weighted by Crippen LogP contribution is -2.11. The maximum Gasteiger partial charge on any atom is 0.295 e. The molecule has 1 nitrogen and oxygen atoms in total. The lowest BCUT2D eigenvalue weighted by Gasteiger charge is -2.00. The van der Waals surface area contributed by atoms with Crippen LogP contribution in [0.2, 0.25) is 0 Å². The van der Waals surface area contributed by atoms with Crippen molar-refractivity contribution in [3.63, 3.8) is 0 Å². The second kappa shape index (κ2) is 1.45. The molecule has 2 unspecified atom stereocenters. The molecule has 4 heteroatoms. The summed E-state index contributed by atoms with van der Waals surface area (Å²) in [6.07, 6.45) is 0.279. The molecule has 1 saturated heterocycles. The minimum atomic E-state index is -2.47. The minimum absolute atomic E-state index is 0.735. The molecule has 1 aliphatic carbocycles. The number of allylic oxidation sites excluding steroid dienone is 2. The highest BCUT2D eigenvalue weighted by atomic mass is 19.2. The molecule has 0 aromatic carbocycles. The van der Waals surface area contributed by atoms with E-state index in [0.717, 1.165) is 12.2 Å². The molecule has 1 aliphatic heterocycles. The minimum Gasteiger partial charge on any atom is -0.321 e. The van der Waals surface area contributed by atoms with Crippen molar-refractivity contribution in [2.24, 2.45) is 0 Å². The highest BCUT2D eigenvalue weighted by Crippen LogP contribution is 2.51. The number of rotatable bonds is 0. The van der Waals surface area contributed by atoms with Crippen LogP contribution < -0.4 is 0 Å². The van der Waals surface area contributed by atoms with Gasteiger partial charge in [-0.1, -0.05) is 0 Å². The van der Waals surface area contributed by atoms with Crippen LogP contribution in [-0.2, 0) is 4.74 Å². The number of epoxide rings is 1. The third kappa shape index (κ3) is 0.520. The van der Waals surface area contributed by atoms with Gasteiger partial charge in [-0.25, -0.2) is 13.2 Å². The Morgan fingerprint density at radius 1 is 1.40 bits per heavy atom. The second-order valence-corrected chi connectivity index (χ2v) is 2.21. The highest BCUT2D eigenvalue weighted by Gasteiger charge is 2.65. The summed E-state index contributed by atoms with van der Waals surface area (Å²) in [7, 11) is 0. The van der Waals surface area contributed by atoms with Crippen molar-refractivity contribution in [1.82, 2.24) is 0 Å². The third-order valence-corrected chi connectivity index (χ3v) is 1.53. The van der Waals surface area contributed by atoms with Crippen molar-refractivity contribution in [2.75, 3.05) is 0 Å². The zero-order valence-corrected chi connectivity index (χ0v) is 4.77. The molecule has 2 aliphatic rings. The van der Waals surface area contributed by atoms with Crippen molar-refractivity contribution in [1.29, 1.82) is 0 Å². The topological polar surface area (TPSA) is 12.5 Å². The Hall–Kier alpha value is -0.770. The van der Waals surface area contributed by atoms with E-state index in [1.165, 1.54) is 0 Å². The van der Waals surface area contributed by atoms with Crippen LogP contribution >= 0.6 is 0 Å². The molecule has 0 radical (unpaired) electrons. The molecule has 0 aromatic rings. The van der Waals surface area contributed by atoms with Crippen LogP contribution in [-0.4, -0.2) is 12.0 Å². The quantitative estimate of drug-likeness (QED) is 0.477. The van der Waals surface area contributed by atoms with Gasteiger partial charge in [0.15, 0.2) is 11.9 Å². The van der Waals surface area contributed by atoms with Gasteiger partial charge in [-0.3, -0.25) is 0 Å². The van der Waals surface area contributed by atoms with Gasteiger partial charge in [0.2, 0.25) is 0 Å². The lowest BCUT2D eigenvalue weighted by atomic mass is 10.1. The van der Waals surface area contributed by atoms with Gasteiger partial charge < -0.3 is 4.74 Å². The van der Waals surface area contributed by atoms with E-state index in [-0.39, 0.29) is 0 Å². The predicted octanol–water partition coefficient (Wildman–Crippen LogP) is 1.77. The monoisotopic (exact) mass is 148 g/mol. The number of halogens is 3. The number of hydrogen-bond acceptors (Lipinski definition) is 1. The van der Waals surface area contributed by atoms with Gasteiger partial charge in [-0.05, 0) is 12.2 Å². The summed E-state index contributed by atoms with van der Waals surface area (Å²) < 4.78 is 41.4. The van der Waals surface area contributed by atoms with E-state index in [0.29, 0.717) is 0 Å². The van der Waals surface area contributed by atoms with Gasteiger partial charge in [0.05, 0.1) is 0 Å². The summed E-state index contributed by atoms with van der Waals surface area (Å²) in [5, 5.41) is 0. The van der Waals surface area contributed by atoms with Crippen LogP contribution in [0.25, 0.3) is 0 Å². The number of fused-ring (bicyclic) bond motifs is 1. The van der Waals surface area contributed by atoms with Gasteiger partial charge in [0.25, 0.3) is 5.85 Å². The van der Waals surface area contributed by atoms with Crippen LogP contribution in [0.5, 0.6) is 0 Å². The molecule has 0 spiro atoms. The summed E-state index contributed by atoms with van der Waals surface area (Å²) in [5.74, 6) is -4.29. The normalized spacial score (nSPS) is 43.7. The average Bonchev–Trinajstić information content (AvgIpc) is 2.56. The first-order valence-corrected chi connectivity index (χ1v) is 2.74. The standard InChI is InChI=1S/C6H3F3O/c7-3-1-2-4(8)6(9)5(3)10-6/h1-2,5H. The molecule has 0 N–H and O–H groups in total. The Morgan fingerprint density at radius 2 is 2.10 bits per heavy atom. The molecular formula is C6H3F3O. The van der Waals surface area contributed by atoms with E-state index < -0.39 is 23.6 Å². The fourth-order valence-electron chi connectivity index (χ4n) is 0.906. The van der Waals surface area contributed by atoms with Gasteiger partial charge >= 0.3 is 0 Å². The largest absolute Gasteiger partial charge is 0.321 e. The first-order valence-electron chi connectivity index (χ1n) is 2.74. The Labute approximate surface area is 54.8 Å². The fourth-order valence-corrected chi connectivity index (χ4v) is 0.906. The summed E-state index contributed by atoms with van der Waals surface area (Å²) in [6.45, 7) is 0. The molecule has 1 fully saturated rings. The molecule has 0 bridgehead atoms. The summed E-state index contributed by atoms with van der Waals surface area (Å²) >= 11 is 0. The fraction of sp³-hybridized carbons (Fsp3) is 0.333. The molecule has 54 valence electrons. The molecular weight excluding hydrogens is 145 g/mol. The first kappa shape index (κ1) is 5.97. The van der Waals surface area contributed by atoms with Crippen molar-refractivity contribution in [3.05, 3.63) is 23.8 Å². The smallest absolute Gasteiger partial charge is 0.295 e. The zero-order valence-electron chi connectivity index (χ0n) is 4.77. The molecule has 2 rings (SSSR count). The van der Waals surface area contributed by atoms with Crippen LogP contribution in [0.4, 0.5) is 13.2 Å². The van der Waals surface area contributed by atoms with E-state index in [9.17, 15) is 13.2 Å². The lowest BCUT2D eigenvalue weighted by molar-refractivity contribution is 0.151. The van der Waals surface area contributed by atoms with E-state index in [1.54, 1.807) is 0 Å². The Balaban J connectivity index is 2.40. The number of hydrogen-bond donors (Lipinski definition) is 0. The van der Waals surface area contributed by atoms with Gasteiger partial charge in [-0.15, -0.1) is 0 Å². The van der Waals surface area contributed by atoms with Crippen LogP contribution in [0.1, 0.15) is 0 Å². The average molecular weight is 148 g/mol. The zero-order chi connectivity index (χ0) is 7.35. The van der Waals surface area contributed by atoms with Gasteiger partial charge in [0.1, 0.15) is 5.83 Å². The molecule has 0 saturated carbocycles. The van der Waals surface area contributed by atoms with Gasteiger partial charge in [0, 0.05) is 0 Å². The summed E-state index contributed by atoms with van der Waals surface area (Å²) in [4.78, 5) is 0. The maximum atomic E-state index is 12.6. The van der Waals surface area contributed by atoms with Crippen molar-refractivity contribution >= 4 is 0 Å². The first-order chi connectivity index (χ1) is 4.64. The van der Waals surface area contributed by atoms with Gasteiger partial charge in [-0.2, -0.15) is 0 Å². The van der Waals surface area contributed by atoms with Crippen molar-refractivity contribution < 1.29 is 17.9 Å². The van der Waals surface area contributed by atoms with Crippen LogP contribution in [0, 0.1) is 0 Å². The maximum absolute atomic E-state index is 12.6. The molecule has 2 atom stereocenters. The SMILES string of the molecule is FC1=CC=C(F)C2(F)OC12. The van der Waals surface area contributed by atoms with E-state index in [2.05, 4.69) is 4.74 Å². The molecule has 0 aromatic heterocycles. The molecule has 1 heterocycles. The predicted molar refractivity (Wildman–Crippen MR) is 27.1 cm³/mol. The van der Waals surface area contributed by atoms with E-state index in [4.69, 9.17) is 0 Å². The van der Waals surface area contributed by atoms with E-state index >= 15 is 0 Å². The van der Waals surface area contributed by atoms with Crippen molar-refractivity contribution in [3.8, 4) is 0 Å². The van der Waals surface area contributed by atoms with E-state index in [1.807, 2.05) is 0 Å². The molecule has 10 heavy (non-hydrogen) atoms. The highest BCUT2D eigenvalue weighted by molar-refractivity contribution is 5.34. The number of alkyl halides is 1. The Kier molecular flexibility index (Phi) is 0.866. The van der Waals surface area contributed by atoms with Crippen molar-refractivity contribution in [2.45, 2.75) is 12.0 Å². The second-order valence-electron chi connectivity index (χ2n) is 2.21. The molecule has 0 amide bonds. The van der Waals surface area contributed by atoms with Crippen LogP contribution in [0.3, 0.4) is 0 Å². The van der Waals surface area contributed by atoms with Crippen LogP contribution in [0.15, 0.2) is 23.8 Å². The Morgan fingerprint density at radius 3 is 2.70 bits per heavy atom. The summed E-state index contributed by atoms with van der Waals surface area (Å²) in [5.41, 5.74) is 0. The Bertz CT molecular complexity index is 245. The summed E-state index contributed by atoms with van der Waals surface area (Å²) in [6, 6.07) is 0.